The smallest absolute Gasteiger partial charge is 0.224 e. The largest absolute Gasteiger partial charge is 0.343 e. The van der Waals surface area contributed by atoms with Gasteiger partial charge in [-0.2, -0.15) is 0 Å². The summed E-state index contributed by atoms with van der Waals surface area (Å²) >= 11 is 0. The van der Waals surface area contributed by atoms with Crippen LogP contribution < -0.4 is 5.73 Å². The van der Waals surface area contributed by atoms with Crippen LogP contribution in [0.2, 0.25) is 0 Å². The number of carbonyl (C=O) groups excluding carboxylic acids is 1. The Balaban J connectivity index is 1.85. The summed E-state index contributed by atoms with van der Waals surface area (Å²) in [6.45, 7) is 10.9. The van der Waals surface area contributed by atoms with Gasteiger partial charge >= 0.3 is 0 Å². The molecule has 0 bridgehead atoms. The van der Waals surface area contributed by atoms with E-state index < -0.39 is 0 Å². The summed E-state index contributed by atoms with van der Waals surface area (Å²) in [5, 5.41) is 0. The van der Waals surface area contributed by atoms with E-state index in [1.165, 1.54) is 32.4 Å². The molecule has 2 unspecified atom stereocenters. The minimum atomic E-state index is 0.214. The number of nitrogens with two attached hydrogens (primary N) is 1. The van der Waals surface area contributed by atoms with Crippen LogP contribution in [0.3, 0.4) is 0 Å². The van der Waals surface area contributed by atoms with Crippen LogP contribution >= 0.6 is 0 Å². The molecule has 122 valence electrons. The molecular weight excluding hydrogens is 264 g/mol. The summed E-state index contributed by atoms with van der Waals surface area (Å²) in [5.41, 5.74) is 5.96. The van der Waals surface area contributed by atoms with Crippen LogP contribution in [-0.4, -0.2) is 78.5 Å². The minimum Gasteiger partial charge on any atom is -0.343 e. The molecule has 2 rings (SSSR count). The van der Waals surface area contributed by atoms with Gasteiger partial charge in [0.25, 0.3) is 0 Å². The molecule has 0 saturated carbocycles. The fourth-order valence-corrected chi connectivity index (χ4v) is 3.77. The van der Waals surface area contributed by atoms with E-state index in [2.05, 4.69) is 9.80 Å². The predicted molar refractivity (Wildman–Crippen MR) is 86.2 cm³/mol. The van der Waals surface area contributed by atoms with Crippen LogP contribution in [0.15, 0.2) is 0 Å². The van der Waals surface area contributed by atoms with Gasteiger partial charge in [0, 0.05) is 51.2 Å². The van der Waals surface area contributed by atoms with E-state index in [9.17, 15) is 4.79 Å². The second-order valence-corrected chi connectivity index (χ2v) is 6.34. The Hall–Kier alpha value is -0.650. The quantitative estimate of drug-likeness (QED) is 0.753. The lowest BCUT2D eigenvalue weighted by atomic mass is 10.1. The lowest BCUT2D eigenvalue weighted by Gasteiger charge is -2.30. The van der Waals surface area contributed by atoms with Gasteiger partial charge in [0.05, 0.1) is 0 Å². The second-order valence-electron chi connectivity index (χ2n) is 6.34. The monoisotopic (exact) mass is 296 g/mol. The van der Waals surface area contributed by atoms with E-state index >= 15 is 0 Å². The third kappa shape index (κ3) is 4.18. The molecule has 21 heavy (non-hydrogen) atoms. The number of likely N-dealkylation sites (tertiary alicyclic amines) is 2. The van der Waals surface area contributed by atoms with Crippen LogP contribution in [0.5, 0.6) is 0 Å². The number of hydrogen-bond acceptors (Lipinski definition) is 4. The van der Waals surface area contributed by atoms with Crippen molar-refractivity contribution in [3.63, 3.8) is 0 Å². The van der Waals surface area contributed by atoms with Gasteiger partial charge in [-0.05, 0) is 46.2 Å². The average Bonchev–Trinajstić information content (AvgIpc) is 3.16. The van der Waals surface area contributed by atoms with Crippen molar-refractivity contribution >= 4 is 5.91 Å². The Morgan fingerprint density at radius 3 is 2.48 bits per heavy atom. The van der Waals surface area contributed by atoms with E-state index in [0.29, 0.717) is 19.0 Å². The van der Waals surface area contributed by atoms with Gasteiger partial charge in [-0.1, -0.05) is 0 Å². The Morgan fingerprint density at radius 1 is 1.24 bits per heavy atom. The van der Waals surface area contributed by atoms with Crippen molar-refractivity contribution in [2.75, 3.05) is 45.8 Å². The molecule has 2 saturated heterocycles. The molecule has 2 atom stereocenters. The molecule has 1 amide bonds. The highest BCUT2D eigenvalue weighted by Crippen LogP contribution is 2.22. The van der Waals surface area contributed by atoms with Crippen molar-refractivity contribution in [3.05, 3.63) is 0 Å². The maximum Gasteiger partial charge on any atom is 0.224 e. The summed E-state index contributed by atoms with van der Waals surface area (Å²) in [5.74, 6) is 0.250. The maximum absolute atomic E-state index is 12.3. The molecule has 2 aliphatic heterocycles. The van der Waals surface area contributed by atoms with Gasteiger partial charge < -0.3 is 10.6 Å². The highest BCUT2D eigenvalue weighted by Gasteiger charge is 2.33. The molecular formula is C16H32N4O. The zero-order valence-corrected chi connectivity index (χ0v) is 13.8. The molecule has 2 heterocycles. The summed E-state index contributed by atoms with van der Waals surface area (Å²) in [7, 11) is 0. The van der Waals surface area contributed by atoms with Gasteiger partial charge in [0.2, 0.25) is 5.91 Å². The summed E-state index contributed by atoms with van der Waals surface area (Å²) < 4.78 is 0. The van der Waals surface area contributed by atoms with Crippen molar-refractivity contribution in [1.29, 1.82) is 0 Å². The van der Waals surface area contributed by atoms with Crippen molar-refractivity contribution in [3.8, 4) is 0 Å². The lowest BCUT2D eigenvalue weighted by Crippen LogP contribution is -2.45. The average molecular weight is 296 g/mol. The number of amides is 1. The second kappa shape index (κ2) is 8.11. The Bertz CT molecular complexity index is 326. The predicted octanol–water partition coefficient (Wildman–Crippen LogP) is 0.742. The van der Waals surface area contributed by atoms with Gasteiger partial charge in [-0.15, -0.1) is 0 Å². The van der Waals surface area contributed by atoms with Gasteiger partial charge in [-0.3, -0.25) is 14.6 Å². The summed E-state index contributed by atoms with van der Waals surface area (Å²) in [6.07, 6.45) is 4.50. The zero-order valence-electron chi connectivity index (χ0n) is 13.8. The molecule has 2 aliphatic rings. The molecule has 0 spiro atoms. The van der Waals surface area contributed by atoms with Gasteiger partial charge in [-0.25, -0.2) is 0 Å². The highest BCUT2D eigenvalue weighted by atomic mass is 16.2. The van der Waals surface area contributed by atoms with E-state index in [1.807, 2.05) is 18.7 Å². The molecule has 2 N–H and O–H groups in total. The molecule has 0 aromatic carbocycles. The minimum absolute atomic E-state index is 0.214. The van der Waals surface area contributed by atoms with E-state index in [4.69, 9.17) is 5.73 Å². The molecule has 2 fully saturated rings. The van der Waals surface area contributed by atoms with Crippen molar-refractivity contribution < 1.29 is 4.79 Å². The number of hydrogen-bond donors (Lipinski definition) is 1. The van der Waals surface area contributed by atoms with Gasteiger partial charge in [0.1, 0.15) is 0 Å². The normalized spacial score (nSPS) is 25.4. The first-order valence-electron chi connectivity index (χ1n) is 8.65. The van der Waals surface area contributed by atoms with Crippen LogP contribution in [0.25, 0.3) is 0 Å². The van der Waals surface area contributed by atoms with Crippen molar-refractivity contribution in [1.82, 2.24) is 14.7 Å². The van der Waals surface area contributed by atoms with Crippen LogP contribution in [0.1, 0.15) is 39.5 Å². The van der Waals surface area contributed by atoms with E-state index in [-0.39, 0.29) is 11.9 Å². The SMILES string of the molecule is CCN(CC)C(=O)CC(CN)N1CCC(N2CCCC2)C1. The fraction of sp³-hybridized carbons (Fsp3) is 0.938. The number of carbonyl (C=O) groups is 1. The Morgan fingerprint density at radius 2 is 1.90 bits per heavy atom. The first-order valence-corrected chi connectivity index (χ1v) is 8.65. The molecule has 0 aromatic heterocycles. The van der Waals surface area contributed by atoms with Crippen molar-refractivity contribution in [2.45, 2.75) is 51.6 Å². The Kier molecular flexibility index (Phi) is 6.45. The standard InChI is InChI=1S/C16H32N4O/c1-3-18(4-2)16(21)11-15(12-17)20-10-7-14(13-20)19-8-5-6-9-19/h14-15H,3-13,17H2,1-2H3. The summed E-state index contributed by atoms with van der Waals surface area (Å²) in [4.78, 5) is 19.3. The molecule has 5 heteroatoms. The van der Waals surface area contributed by atoms with Crippen molar-refractivity contribution in [2.24, 2.45) is 5.73 Å². The van der Waals surface area contributed by atoms with E-state index in [1.54, 1.807) is 0 Å². The maximum atomic E-state index is 12.3. The molecule has 0 radical (unpaired) electrons. The first kappa shape index (κ1) is 16.7. The number of nitrogens with zero attached hydrogens (tertiary/aromatic N) is 3. The fourth-order valence-electron chi connectivity index (χ4n) is 3.77. The summed E-state index contributed by atoms with van der Waals surface area (Å²) in [6, 6.07) is 0.899. The third-order valence-corrected chi connectivity index (χ3v) is 5.17. The lowest BCUT2D eigenvalue weighted by molar-refractivity contribution is -0.132. The van der Waals surface area contributed by atoms with Gasteiger partial charge in [0.15, 0.2) is 0 Å². The topological polar surface area (TPSA) is 52.8 Å². The molecule has 0 aromatic rings. The first-order chi connectivity index (χ1) is 10.2. The van der Waals surface area contributed by atoms with Crippen LogP contribution in [-0.2, 0) is 4.79 Å². The zero-order chi connectivity index (χ0) is 15.2. The third-order valence-electron chi connectivity index (χ3n) is 5.17. The number of rotatable bonds is 7. The molecule has 0 aliphatic carbocycles. The van der Waals surface area contributed by atoms with E-state index in [0.717, 1.165) is 26.2 Å². The van der Waals surface area contributed by atoms with Crippen LogP contribution in [0, 0.1) is 0 Å². The molecule has 5 nitrogen and oxygen atoms in total. The Labute approximate surface area is 129 Å². The highest BCUT2D eigenvalue weighted by molar-refractivity contribution is 5.76. The van der Waals surface area contributed by atoms with Crippen LogP contribution in [0.4, 0.5) is 0 Å².